The second-order valence-corrected chi connectivity index (χ2v) is 7.28. The van der Waals surface area contributed by atoms with Crippen molar-refractivity contribution < 1.29 is 8.76 Å². The fourth-order valence-electron chi connectivity index (χ4n) is 2.87. The summed E-state index contributed by atoms with van der Waals surface area (Å²) >= 11 is 0. The zero-order chi connectivity index (χ0) is 15.2. The van der Waals surface area contributed by atoms with Crippen molar-refractivity contribution in [3.05, 3.63) is 41.9 Å². The van der Waals surface area contributed by atoms with Crippen LogP contribution >= 0.6 is 0 Å². The number of H-pyrrole nitrogens is 2. The van der Waals surface area contributed by atoms with Crippen LogP contribution in [0.3, 0.4) is 0 Å². The topological polar surface area (TPSA) is 110 Å². The minimum absolute atomic E-state index is 0.362. The molecule has 0 bridgehead atoms. The lowest BCUT2D eigenvalue weighted by molar-refractivity contribution is 0.495. The molecular weight excluding hydrogens is 302 g/mol. The molecule has 2 unspecified atom stereocenters. The Bertz CT molecular complexity index is 951. The van der Waals surface area contributed by atoms with E-state index in [4.69, 9.17) is 0 Å². The molecule has 4 rings (SSSR count). The number of hydrogen-bond acceptors (Lipinski definition) is 5. The highest BCUT2D eigenvalue weighted by Crippen LogP contribution is 2.29. The smallest absolute Gasteiger partial charge is 0.0868 e. The zero-order valence-electron chi connectivity index (χ0n) is 11.7. The minimum atomic E-state index is -3.60. The van der Waals surface area contributed by atoms with Crippen molar-refractivity contribution in [2.24, 2.45) is 4.36 Å². The molecule has 8 heteroatoms. The Labute approximate surface area is 127 Å². The number of hydrogen-bond donors (Lipinski definition) is 2. The maximum absolute atomic E-state index is 12.6. The van der Waals surface area contributed by atoms with E-state index in [2.05, 4.69) is 24.8 Å². The van der Waals surface area contributed by atoms with Crippen LogP contribution < -0.4 is 0 Å². The van der Waals surface area contributed by atoms with E-state index in [0.29, 0.717) is 24.9 Å². The molecule has 0 radical (unpaired) electrons. The van der Waals surface area contributed by atoms with E-state index in [9.17, 15) is 8.76 Å². The molecule has 22 heavy (non-hydrogen) atoms. The number of aromatic nitrogens is 4. The molecule has 1 aromatic carbocycles. The van der Waals surface area contributed by atoms with E-state index in [1.807, 2.05) is 12.1 Å². The van der Waals surface area contributed by atoms with Gasteiger partial charge in [-0.25, -0.2) is 4.36 Å². The zero-order valence-corrected chi connectivity index (χ0v) is 12.5. The number of aromatic amines is 2. The van der Waals surface area contributed by atoms with Crippen LogP contribution in [-0.4, -0.2) is 34.4 Å². The number of rotatable bonds is 2. The molecule has 0 amide bonds. The van der Waals surface area contributed by atoms with Gasteiger partial charge in [-0.2, -0.15) is 15.4 Å². The largest absolute Gasteiger partial charge is 0.764 e. The summed E-state index contributed by atoms with van der Waals surface area (Å²) in [7, 11) is -3.60. The van der Waals surface area contributed by atoms with Crippen molar-refractivity contribution in [2.75, 3.05) is 0 Å². The third-order valence-electron chi connectivity index (χ3n) is 4.05. The third-order valence-corrected chi connectivity index (χ3v) is 5.74. The van der Waals surface area contributed by atoms with E-state index in [-0.39, 0.29) is 0 Å². The SMILES string of the molecule is O=S([O-])(=Nc1cccc2[nH]ccc12)C1CCc2n[nH]nc2C1. The first-order valence-corrected chi connectivity index (χ1v) is 8.55. The summed E-state index contributed by atoms with van der Waals surface area (Å²) in [6, 6.07) is 7.24. The predicted octanol–water partition coefficient (Wildman–Crippen LogP) is 2.07. The van der Waals surface area contributed by atoms with Gasteiger partial charge < -0.3 is 9.54 Å². The monoisotopic (exact) mass is 316 g/mol. The molecule has 0 aliphatic heterocycles. The molecule has 2 aromatic heterocycles. The molecule has 0 fully saturated rings. The highest BCUT2D eigenvalue weighted by Gasteiger charge is 2.25. The first-order chi connectivity index (χ1) is 10.6. The van der Waals surface area contributed by atoms with E-state index >= 15 is 0 Å². The summed E-state index contributed by atoms with van der Waals surface area (Å²) in [5.74, 6) is 0. The summed E-state index contributed by atoms with van der Waals surface area (Å²) in [5, 5.41) is 10.9. The molecule has 0 saturated heterocycles. The molecule has 7 nitrogen and oxygen atoms in total. The summed E-state index contributed by atoms with van der Waals surface area (Å²) < 4.78 is 29.3. The van der Waals surface area contributed by atoms with Crippen LogP contribution in [0.5, 0.6) is 0 Å². The van der Waals surface area contributed by atoms with Crippen LogP contribution in [0.15, 0.2) is 34.8 Å². The predicted molar refractivity (Wildman–Crippen MR) is 81.5 cm³/mol. The van der Waals surface area contributed by atoms with Gasteiger partial charge in [-0.1, -0.05) is 6.07 Å². The molecule has 1 aliphatic carbocycles. The van der Waals surface area contributed by atoms with Gasteiger partial charge in [0.05, 0.1) is 17.1 Å². The van der Waals surface area contributed by atoms with Gasteiger partial charge in [-0.05, 0) is 41.1 Å². The second-order valence-electron chi connectivity index (χ2n) is 5.40. The lowest BCUT2D eigenvalue weighted by Crippen LogP contribution is -2.27. The van der Waals surface area contributed by atoms with Crippen molar-refractivity contribution in [3.8, 4) is 0 Å². The van der Waals surface area contributed by atoms with Crippen molar-refractivity contribution in [1.82, 2.24) is 20.4 Å². The van der Waals surface area contributed by atoms with Gasteiger partial charge >= 0.3 is 0 Å². The lowest BCUT2D eigenvalue weighted by atomic mass is 10.0. The van der Waals surface area contributed by atoms with Crippen LogP contribution in [-0.2, 0) is 22.9 Å². The second kappa shape index (κ2) is 4.92. The van der Waals surface area contributed by atoms with Gasteiger partial charge in [-0.3, -0.25) is 4.21 Å². The quantitative estimate of drug-likeness (QED) is 0.754. The average molecular weight is 316 g/mol. The van der Waals surface area contributed by atoms with E-state index in [1.54, 1.807) is 18.3 Å². The Morgan fingerprint density at radius 3 is 3.05 bits per heavy atom. The van der Waals surface area contributed by atoms with Gasteiger partial charge in [0.2, 0.25) is 0 Å². The Morgan fingerprint density at radius 2 is 2.14 bits per heavy atom. The van der Waals surface area contributed by atoms with Crippen molar-refractivity contribution in [1.29, 1.82) is 0 Å². The molecule has 3 aromatic rings. The molecular formula is C14H14N5O2S-. The van der Waals surface area contributed by atoms with Gasteiger partial charge in [0, 0.05) is 28.8 Å². The summed E-state index contributed by atoms with van der Waals surface area (Å²) in [5.41, 5.74) is 2.94. The highest BCUT2D eigenvalue weighted by molar-refractivity contribution is 7.88. The Morgan fingerprint density at radius 1 is 1.27 bits per heavy atom. The average Bonchev–Trinajstić information content (AvgIpc) is 3.15. The number of fused-ring (bicyclic) bond motifs is 2. The number of benzene rings is 1. The molecule has 2 atom stereocenters. The third kappa shape index (κ3) is 2.20. The summed E-state index contributed by atoms with van der Waals surface area (Å²) in [6.45, 7) is 0. The van der Waals surface area contributed by atoms with Crippen LogP contribution in [0, 0.1) is 0 Å². The van der Waals surface area contributed by atoms with Crippen molar-refractivity contribution >= 4 is 26.6 Å². The van der Waals surface area contributed by atoms with E-state index < -0.39 is 15.3 Å². The highest BCUT2D eigenvalue weighted by atomic mass is 32.2. The summed E-state index contributed by atoms with van der Waals surface area (Å²) in [4.78, 5) is 3.06. The fourth-order valence-corrected chi connectivity index (χ4v) is 4.23. The minimum Gasteiger partial charge on any atom is -0.764 e. The van der Waals surface area contributed by atoms with Crippen LogP contribution in [0.2, 0.25) is 0 Å². The molecule has 0 spiro atoms. The lowest BCUT2D eigenvalue weighted by Gasteiger charge is -2.27. The summed E-state index contributed by atoms with van der Waals surface area (Å²) in [6.07, 6.45) is 3.27. The van der Waals surface area contributed by atoms with Gasteiger partial charge in [-0.15, -0.1) is 0 Å². The fraction of sp³-hybridized carbons (Fsp3) is 0.286. The van der Waals surface area contributed by atoms with Crippen LogP contribution in [0.25, 0.3) is 10.9 Å². The molecule has 1 aliphatic rings. The van der Waals surface area contributed by atoms with Gasteiger partial charge in [0.25, 0.3) is 0 Å². The first kappa shape index (κ1) is 13.5. The molecule has 0 saturated carbocycles. The number of aryl methyl sites for hydroxylation is 1. The maximum Gasteiger partial charge on any atom is 0.0868 e. The Hall–Kier alpha value is -2.19. The molecule has 2 N–H and O–H groups in total. The van der Waals surface area contributed by atoms with E-state index in [1.165, 1.54) is 0 Å². The Balaban J connectivity index is 1.74. The van der Waals surface area contributed by atoms with Crippen molar-refractivity contribution in [3.63, 3.8) is 0 Å². The van der Waals surface area contributed by atoms with Crippen molar-refractivity contribution in [2.45, 2.75) is 24.5 Å². The van der Waals surface area contributed by atoms with E-state index in [0.717, 1.165) is 22.3 Å². The number of nitrogens with zero attached hydrogens (tertiary/aromatic N) is 3. The van der Waals surface area contributed by atoms with Crippen LogP contribution in [0.4, 0.5) is 5.69 Å². The van der Waals surface area contributed by atoms with Gasteiger partial charge in [0.15, 0.2) is 0 Å². The standard InChI is InChI=1S/C14H15N5O2S/c20-22(21,9-4-5-13-14(8-9)17-19-16-13)18-12-3-1-2-11-10(12)6-7-15-11/h1-3,6-7,9,15H,4-5,8H2,(H,16,17,19)(H,18,20,21)/p-1. The normalized spacial score (nSPS) is 20.5. The maximum atomic E-state index is 12.6. The van der Waals surface area contributed by atoms with Gasteiger partial charge in [0.1, 0.15) is 0 Å². The first-order valence-electron chi connectivity index (χ1n) is 7.05. The molecule has 114 valence electrons. The molecule has 2 heterocycles. The number of nitrogens with one attached hydrogen (secondary N) is 2. The van der Waals surface area contributed by atoms with Crippen LogP contribution in [0.1, 0.15) is 17.8 Å². The Kier molecular flexibility index (Phi) is 3.02.